The van der Waals surface area contributed by atoms with Crippen molar-refractivity contribution in [3.05, 3.63) is 54.4 Å². The van der Waals surface area contributed by atoms with Gasteiger partial charge in [0.2, 0.25) is 0 Å². The summed E-state index contributed by atoms with van der Waals surface area (Å²) in [5.41, 5.74) is 2.28. The number of hydrogen-bond donors (Lipinski definition) is 1. The zero-order valence-electron chi connectivity index (χ0n) is 15.3. The second-order valence-corrected chi connectivity index (χ2v) is 5.90. The molecule has 0 unspecified atom stereocenters. The van der Waals surface area contributed by atoms with Crippen LogP contribution in [-0.2, 0) is 20.9 Å². The van der Waals surface area contributed by atoms with Crippen molar-refractivity contribution in [1.82, 2.24) is 9.55 Å². The first-order valence-corrected chi connectivity index (χ1v) is 8.67. The van der Waals surface area contributed by atoms with Crippen molar-refractivity contribution in [2.75, 3.05) is 18.5 Å². The van der Waals surface area contributed by atoms with Crippen LogP contribution in [-0.4, -0.2) is 34.6 Å². The minimum absolute atomic E-state index is 0.00266. The Morgan fingerprint density at radius 2 is 1.85 bits per heavy atom. The number of aryl methyl sites for hydroxylation is 1. The molecular weight excluding hydrogens is 346 g/mol. The molecule has 1 amide bonds. The highest BCUT2D eigenvalue weighted by atomic mass is 16.5. The van der Waals surface area contributed by atoms with Crippen molar-refractivity contribution >= 4 is 28.6 Å². The fourth-order valence-electron chi connectivity index (χ4n) is 2.71. The van der Waals surface area contributed by atoms with E-state index in [2.05, 4.69) is 10.3 Å². The predicted octanol–water partition coefficient (Wildman–Crippen LogP) is 2.93. The predicted molar refractivity (Wildman–Crippen MR) is 102 cm³/mol. The van der Waals surface area contributed by atoms with Gasteiger partial charge in [-0.05, 0) is 50.2 Å². The van der Waals surface area contributed by atoms with Gasteiger partial charge in [0.1, 0.15) is 18.1 Å². The minimum Gasteiger partial charge on any atom is -0.494 e. The maximum Gasteiger partial charge on any atom is 0.326 e. The lowest BCUT2D eigenvalue weighted by Gasteiger charge is -2.09. The molecule has 0 aliphatic carbocycles. The summed E-state index contributed by atoms with van der Waals surface area (Å²) >= 11 is 0. The Morgan fingerprint density at radius 1 is 1.11 bits per heavy atom. The maximum atomic E-state index is 12.1. The molecule has 0 saturated carbocycles. The van der Waals surface area contributed by atoms with Gasteiger partial charge in [-0.15, -0.1) is 0 Å². The molecule has 0 atom stereocenters. The number of aromatic nitrogens is 2. The van der Waals surface area contributed by atoms with Gasteiger partial charge < -0.3 is 19.4 Å². The Kier molecular flexibility index (Phi) is 5.71. The van der Waals surface area contributed by atoms with Crippen LogP contribution in [0.3, 0.4) is 0 Å². The number of benzene rings is 2. The van der Waals surface area contributed by atoms with Crippen LogP contribution in [0.5, 0.6) is 5.75 Å². The average Bonchev–Trinajstić information content (AvgIpc) is 2.97. The molecule has 3 rings (SSSR count). The van der Waals surface area contributed by atoms with Crippen LogP contribution in [0.4, 0.5) is 5.69 Å². The van der Waals surface area contributed by atoms with Gasteiger partial charge in [0.25, 0.3) is 5.91 Å². The van der Waals surface area contributed by atoms with E-state index in [0.29, 0.717) is 18.1 Å². The SMILES string of the molecule is CCOc1ccc(NC(=O)COC(=O)Cn2c(C)nc3ccccc32)cc1. The Bertz CT molecular complexity index is 948. The van der Waals surface area contributed by atoms with Crippen molar-refractivity contribution < 1.29 is 19.1 Å². The van der Waals surface area contributed by atoms with Crippen molar-refractivity contribution in [2.45, 2.75) is 20.4 Å². The number of ether oxygens (including phenoxy) is 2. The molecule has 1 aromatic heterocycles. The van der Waals surface area contributed by atoms with Gasteiger partial charge in [-0.2, -0.15) is 0 Å². The molecule has 3 aromatic rings. The molecule has 0 saturated heterocycles. The molecular formula is C20H21N3O4. The number of para-hydroxylation sites is 2. The van der Waals surface area contributed by atoms with E-state index < -0.39 is 11.9 Å². The first kappa shape index (κ1) is 18.4. The van der Waals surface area contributed by atoms with E-state index in [1.165, 1.54) is 0 Å². The Hall–Kier alpha value is -3.35. The average molecular weight is 367 g/mol. The molecule has 2 aromatic carbocycles. The molecule has 0 aliphatic heterocycles. The molecule has 0 spiro atoms. The summed E-state index contributed by atoms with van der Waals surface area (Å²) in [7, 11) is 0. The molecule has 140 valence electrons. The number of hydrogen-bond acceptors (Lipinski definition) is 5. The largest absolute Gasteiger partial charge is 0.494 e. The molecule has 0 aliphatic rings. The normalized spacial score (nSPS) is 10.6. The van der Waals surface area contributed by atoms with E-state index >= 15 is 0 Å². The third kappa shape index (κ3) is 4.63. The molecule has 1 heterocycles. The fourth-order valence-corrected chi connectivity index (χ4v) is 2.71. The Labute approximate surface area is 156 Å². The highest BCUT2D eigenvalue weighted by molar-refractivity contribution is 5.92. The van der Waals surface area contributed by atoms with Crippen LogP contribution in [0.2, 0.25) is 0 Å². The summed E-state index contributed by atoms with van der Waals surface area (Å²) in [4.78, 5) is 28.5. The lowest BCUT2D eigenvalue weighted by Crippen LogP contribution is -2.23. The van der Waals surface area contributed by atoms with Gasteiger partial charge >= 0.3 is 5.97 Å². The topological polar surface area (TPSA) is 82.5 Å². The number of anilines is 1. The summed E-state index contributed by atoms with van der Waals surface area (Å²) in [5.74, 6) is 0.541. The van der Waals surface area contributed by atoms with Crippen LogP contribution in [0, 0.1) is 6.92 Å². The van der Waals surface area contributed by atoms with Gasteiger partial charge in [-0.1, -0.05) is 12.1 Å². The zero-order chi connectivity index (χ0) is 19.2. The monoisotopic (exact) mass is 367 g/mol. The van der Waals surface area contributed by atoms with Gasteiger partial charge in [0.05, 0.1) is 17.6 Å². The number of esters is 1. The van der Waals surface area contributed by atoms with Crippen molar-refractivity contribution in [1.29, 1.82) is 0 Å². The highest BCUT2D eigenvalue weighted by Gasteiger charge is 2.13. The summed E-state index contributed by atoms with van der Waals surface area (Å²) < 4.78 is 12.2. The highest BCUT2D eigenvalue weighted by Crippen LogP contribution is 2.16. The van der Waals surface area contributed by atoms with Gasteiger partial charge in [0.15, 0.2) is 6.61 Å². The van der Waals surface area contributed by atoms with Gasteiger partial charge in [-0.25, -0.2) is 4.98 Å². The molecule has 7 heteroatoms. The smallest absolute Gasteiger partial charge is 0.326 e. The summed E-state index contributed by atoms with van der Waals surface area (Å²) in [6, 6.07) is 14.5. The van der Waals surface area contributed by atoms with Gasteiger partial charge in [-0.3, -0.25) is 9.59 Å². The summed E-state index contributed by atoms with van der Waals surface area (Å²) in [6.07, 6.45) is 0. The second kappa shape index (κ2) is 8.35. The second-order valence-electron chi connectivity index (χ2n) is 5.90. The van der Waals surface area contributed by atoms with Crippen LogP contribution in [0.25, 0.3) is 11.0 Å². The number of fused-ring (bicyclic) bond motifs is 1. The number of nitrogens with zero attached hydrogens (tertiary/aromatic N) is 2. The van der Waals surface area contributed by atoms with E-state index in [4.69, 9.17) is 9.47 Å². The number of imidazole rings is 1. The quantitative estimate of drug-likeness (QED) is 0.649. The number of rotatable bonds is 7. The fraction of sp³-hybridized carbons (Fsp3) is 0.250. The number of carbonyl (C=O) groups excluding carboxylic acids is 2. The molecule has 0 bridgehead atoms. The Morgan fingerprint density at radius 3 is 2.59 bits per heavy atom. The number of carbonyl (C=O) groups is 2. The van der Waals surface area contributed by atoms with Gasteiger partial charge in [0, 0.05) is 5.69 Å². The molecule has 0 fully saturated rings. The lowest BCUT2D eigenvalue weighted by molar-refractivity contribution is -0.147. The third-order valence-corrected chi connectivity index (χ3v) is 3.95. The van der Waals surface area contributed by atoms with Crippen molar-refractivity contribution in [2.24, 2.45) is 0 Å². The first-order valence-electron chi connectivity index (χ1n) is 8.67. The third-order valence-electron chi connectivity index (χ3n) is 3.95. The Balaban J connectivity index is 1.52. The van der Waals surface area contributed by atoms with Crippen molar-refractivity contribution in [3.8, 4) is 5.75 Å². The van der Waals surface area contributed by atoms with Crippen LogP contribution in [0.15, 0.2) is 48.5 Å². The van der Waals surface area contributed by atoms with Crippen LogP contribution in [0.1, 0.15) is 12.7 Å². The number of amides is 1. The van der Waals surface area contributed by atoms with E-state index in [9.17, 15) is 9.59 Å². The van der Waals surface area contributed by atoms with Crippen molar-refractivity contribution in [3.63, 3.8) is 0 Å². The van der Waals surface area contributed by atoms with E-state index in [1.807, 2.05) is 38.1 Å². The number of nitrogens with one attached hydrogen (secondary N) is 1. The van der Waals surface area contributed by atoms with E-state index in [-0.39, 0.29) is 13.2 Å². The standard InChI is InChI=1S/C20H21N3O4/c1-3-26-16-10-8-15(9-11-16)22-19(24)13-27-20(25)12-23-14(2)21-17-6-4-5-7-18(17)23/h4-11H,3,12-13H2,1-2H3,(H,22,24). The van der Waals surface area contributed by atoms with E-state index in [1.54, 1.807) is 28.8 Å². The maximum absolute atomic E-state index is 12.1. The van der Waals surface area contributed by atoms with Crippen LogP contribution < -0.4 is 10.1 Å². The molecule has 1 N–H and O–H groups in total. The molecule has 7 nitrogen and oxygen atoms in total. The lowest BCUT2D eigenvalue weighted by atomic mass is 10.3. The first-order chi connectivity index (χ1) is 13.1. The summed E-state index contributed by atoms with van der Waals surface area (Å²) in [6.45, 7) is 3.96. The minimum atomic E-state index is -0.497. The zero-order valence-corrected chi connectivity index (χ0v) is 15.3. The van der Waals surface area contributed by atoms with E-state index in [0.717, 1.165) is 16.8 Å². The molecule has 0 radical (unpaired) electrons. The summed E-state index contributed by atoms with van der Waals surface area (Å²) in [5, 5.41) is 2.68. The molecule has 27 heavy (non-hydrogen) atoms. The van der Waals surface area contributed by atoms with Crippen LogP contribution >= 0.6 is 0 Å².